The van der Waals surface area contributed by atoms with Crippen LogP contribution in [0.2, 0.25) is 0 Å². The molecule has 1 amide bonds. The molecule has 144 valence electrons. The van der Waals surface area contributed by atoms with E-state index >= 15 is 0 Å². The number of rotatable bonds is 4. The van der Waals surface area contributed by atoms with Crippen molar-refractivity contribution < 1.29 is 18.7 Å². The Morgan fingerprint density at radius 1 is 1.15 bits per heavy atom. The lowest BCUT2D eigenvalue weighted by Crippen LogP contribution is -2.47. The summed E-state index contributed by atoms with van der Waals surface area (Å²) in [7, 11) is 0. The topological polar surface area (TPSA) is 68.0 Å². The van der Waals surface area contributed by atoms with Crippen LogP contribution in [-0.4, -0.2) is 79.3 Å². The van der Waals surface area contributed by atoms with E-state index in [0.717, 1.165) is 71.9 Å². The van der Waals surface area contributed by atoms with Crippen LogP contribution in [0.5, 0.6) is 0 Å². The van der Waals surface area contributed by atoms with E-state index in [9.17, 15) is 4.79 Å². The van der Waals surface area contributed by atoms with Crippen molar-refractivity contribution in [2.45, 2.75) is 38.1 Å². The number of morpholine rings is 1. The molecule has 7 nitrogen and oxygen atoms in total. The van der Waals surface area contributed by atoms with Gasteiger partial charge in [-0.2, -0.15) is 0 Å². The number of ether oxygens (including phenoxy) is 2. The number of oxazole rings is 1. The molecule has 7 heteroatoms. The molecular formula is C19H29N3O4. The van der Waals surface area contributed by atoms with Gasteiger partial charge in [-0.05, 0) is 18.8 Å². The zero-order valence-corrected chi connectivity index (χ0v) is 15.6. The maximum absolute atomic E-state index is 13.0. The summed E-state index contributed by atoms with van der Waals surface area (Å²) in [6.45, 7) is 8.77. The number of hydrogen-bond acceptors (Lipinski definition) is 6. The van der Waals surface area contributed by atoms with Gasteiger partial charge in [-0.3, -0.25) is 9.69 Å². The number of amides is 1. The van der Waals surface area contributed by atoms with E-state index in [1.807, 2.05) is 4.90 Å². The van der Waals surface area contributed by atoms with E-state index in [4.69, 9.17) is 13.9 Å². The van der Waals surface area contributed by atoms with Crippen LogP contribution in [0.3, 0.4) is 0 Å². The molecule has 0 saturated carbocycles. The zero-order valence-electron chi connectivity index (χ0n) is 15.6. The Labute approximate surface area is 154 Å². The number of carbonyl (C=O) groups excluding carboxylic acids is 1. The van der Waals surface area contributed by atoms with Crippen LogP contribution in [0, 0.1) is 5.92 Å². The van der Waals surface area contributed by atoms with Crippen molar-refractivity contribution in [3.8, 4) is 0 Å². The molecule has 4 heterocycles. The summed E-state index contributed by atoms with van der Waals surface area (Å²) in [6, 6.07) is 0.426. The molecule has 0 radical (unpaired) electrons. The molecular weight excluding hydrogens is 334 g/mol. The Morgan fingerprint density at radius 3 is 2.62 bits per heavy atom. The number of nitrogens with zero attached hydrogens (tertiary/aromatic N) is 3. The third kappa shape index (κ3) is 3.66. The van der Waals surface area contributed by atoms with E-state index in [1.54, 1.807) is 0 Å². The molecule has 1 aromatic heterocycles. The average Bonchev–Trinajstić information content (AvgIpc) is 3.36. The summed E-state index contributed by atoms with van der Waals surface area (Å²) in [4.78, 5) is 21.9. The SMILES string of the molecule is CCC1CN(C(=O)c2coc(C3CCOCC3)n2)CC1N1CCOCC1. The Balaban J connectivity index is 1.42. The van der Waals surface area contributed by atoms with E-state index in [0.29, 0.717) is 23.5 Å². The maximum Gasteiger partial charge on any atom is 0.275 e. The fourth-order valence-corrected chi connectivity index (χ4v) is 4.42. The second-order valence-corrected chi connectivity index (χ2v) is 7.55. The molecule has 4 rings (SSSR count). The Kier molecular flexibility index (Phi) is 5.57. The van der Waals surface area contributed by atoms with Crippen molar-refractivity contribution in [2.24, 2.45) is 5.92 Å². The molecule has 3 aliphatic heterocycles. The lowest BCUT2D eigenvalue weighted by molar-refractivity contribution is 0.0102. The monoisotopic (exact) mass is 363 g/mol. The van der Waals surface area contributed by atoms with Crippen molar-refractivity contribution in [2.75, 3.05) is 52.6 Å². The van der Waals surface area contributed by atoms with Crippen LogP contribution >= 0.6 is 0 Å². The predicted octanol–water partition coefficient (Wildman–Crippen LogP) is 1.75. The highest BCUT2D eigenvalue weighted by atomic mass is 16.5. The molecule has 0 aliphatic carbocycles. The smallest absolute Gasteiger partial charge is 0.275 e. The van der Waals surface area contributed by atoms with Gasteiger partial charge >= 0.3 is 0 Å². The molecule has 1 aromatic rings. The molecule has 2 atom stereocenters. The summed E-state index contributed by atoms with van der Waals surface area (Å²) < 4.78 is 16.5. The number of aromatic nitrogens is 1. The fourth-order valence-electron chi connectivity index (χ4n) is 4.42. The first-order chi connectivity index (χ1) is 12.8. The quantitative estimate of drug-likeness (QED) is 0.812. The average molecular weight is 363 g/mol. The first kappa shape index (κ1) is 17.9. The second kappa shape index (κ2) is 8.06. The van der Waals surface area contributed by atoms with Crippen LogP contribution in [0.4, 0.5) is 0 Å². The highest BCUT2D eigenvalue weighted by molar-refractivity contribution is 5.92. The Hall–Kier alpha value is -1.44. The van der Waals surface area contributed by atoms with Gasteiger partial charge in [-0.25, -0.2) is 4.98 Å². The van der Waals surface area contributed by atoms with E-state index < -0.39 is 0 Å². The molecule has 3 saturated heterocycles. The van der Waals surface area contributed by atoms with Gasteiger partial charge in [0.15, 0.2) is 11.6 Å². The number of likely N-dealkylation sites (tertiary alicyclic amines) is 1. The van der Waals surface area contributed by atoms with Crippen molar-refractivity contribution in [3.63, 3.8) is 0 Å². The van der Waals surface area contributed by atoms with Gasteiger partial charge < -0.3 is 18.8 Å². The molecule has 0 aromatic carbocycles. The zero-order chi connectivity index (χ0) is 17.9. The lowest BCUT2D eigenvalue weighted by Gasteiger charge is -2.34. The van der Waals surface area contributed by atoms with Gasteiger partial charge in [0.2, 0.25) is 0 Å². The summed E-state index contributed by atoms with van der Waals surface area (Å²) >= 11 is 0. The molecule has 26 heavy (non-hydrogen) atoms. The molecule has 0 N–H and O–H groups in total. The lowest BCUT2D eigenvalue weighted by atomic mass is 9.99. The summed E-state index contributed by atoms with van der Waals surface area (Å²) in [5, 5.41) is 0. The molecule has 3 fully saturated rings. The van der Waals surface area contributed by atoms with Crippen LogP contribution in [0.25, 0.3) is 0 Å². The van der Waals surface area contributed by atoms with E-state index in [1.165, 1.54) is 6.26 Å². The third-order valence-corrected chi connectivity index (χ3v) is 6.04. The molecule has 0 bridgehead atoms. The fraction of sp³-hybridized carbons (Fsp3) is 0.789. The van der Waals surface area contributed by atoms with Crippen molar-refractivity contribution >= 4 is 5.91 Å². The summed E-state index contributed by atoms with van der Waals surface area (Å²) in [5.74, 6) is 1.47. The molecule has 0 spiro atoms. The maximum atomic E-state index is 13.0. The largest absolute Gasteiger partial charge is 0.448 e. The van der Waals surface area contributed by atoms with Gasteiger partial charge in [-0.1, -0.05) is 13.3 Å². The molecule has 2 unspecified atom stereocenters. The molecule has 3 aliphatic rings. The summed E-state index contributed by atoms with van der Waals surface area (Å²) in [5.41, 5.74) is 0.448. The first-order valence-corrected chi connectivity index (χ1v) is 9.90. The van der Waals surface area contributed by atoms with Gasteiger partial charge in [0, 0.05) is 51.4 Å². The van der Waals surface area contributed by atoms with Gasteiger partial charge in [0.25, 0.3) is 5.91 Å². The highest BCUT2D eigenvalue weighted by Gasteiger charge is 2.39. The van der Waals surface area contributed by atoms with Crippen molar-refractivity contribution in [3.05, 3.63) is 17.8 Å². The predicted molar refractivity (Wildman–Crippen MR) is 95.2 cm³/mol. The summed E-state index contributed by atoms with van der Waals surface area (Å²) in [6.07, 6.45) is 4.44. The van der Waals surface area contributed by atoms with E-state index in [2.05, 4.69) is 16.8 Å². The Morgan fingerprint density at radius 2 is 1.88 bits per heavy atom. The van der Waals surface area contributed by atoms with E-state index in [-0.39, 0.29) is 11.8 Å². The highest BCUT2D eigenvalue weighted by Crippen LogP contribution is 2.29. The first-order valence-electron chi connectivity index (χ1n) is 9.90. The van der Waals surface area contributed by atoms with Crippen LogP contribution < -0.4 is 0 Å². The van der Waals surface area contributed by atoms with Gasteiger partial charge in [-0.15, -0.1) is 0 Å². The van der Waals surface area contributed by atoms with Crippen molar-refractivity contribution in [1.29, 1.82) is 0 Å². The minimum absolute atomic E-state index is 0.00117. The second-order valence-electron chi connectivity index (χ2n) is 7.55. The normalized spacial score (nSPS) is 28.6. The van der Waals surface area contributed by atoms with Gasteiger partial charge in [0.1, 0.15) is 6.26 Å². The van der Waals surface area contributed by atoms with Gasteiger partial charge in [0.05, 0.1) is 13.2 Å². The number of hydrogen-bond donors (Lipinski definition) is 0. The number of carbonyl (C=O) groups is 1. The standard InChI is InChI=1S/C19H29N3O4/c1-2-14-11-22(12-17(14)21-5-9-25-10-6-21)19(23)16-13-26-18(20-16)15-3-7-24-8-4-15/h13-15,17H,2-12H2,1H3. The van der Waals surface area contributed by atoms with Crippen LogP contribution in [0.15, 0.2) is 10.7 Å². The van der Waals surface area contributed by atoms with Crippen LogP contribution in [0.1, 0.15) is 48.5 Å². The minimum atomic E-state index is 0.00117. The van der Waals surface area contributed by atoms with Crippen molar-refractivity contribution in [1.82, 2.24) is 14.8 Å². The Bertz CT molecular complexity index is 608. The third-order valence-electron chi connectivity index (χ3n) is 6.04. The van der Waals surface area contributed by atoms with Crippen LogP contribution in [-0.2, 0) is 9.47 Å². The minimum Gasteiger partial charge on any atom is -0.448 e.